The molecule has 5 nitrogen and oxygen atoms in total. The number of thioether (sulfide) groups is 1. The fourth-order valence-electron chi connectivity index (χ4n) is 1.92. The molecule has 110 valence electrons. The van der Waals surface area contributed by atoms with Gasteiger partial charge in [-0.2, -0.15) is 21.5 Å². The molecule has 1 aromatic carbocycles. The van der Waals surface area contributed by atoms with Gasteiger partial charge >= 0.3 is 0 Å². The Balaban J connectivity index is 1.87. The number of nitrogens with two attached hydrogens (primary N) is 1. The quantitative estimate of drug-likeness (QED) is 0.554. The van der Waals surface area contributed by atoms with Gasteiger partial charge in [-0.25, -0.2) is 0 Å². The zero-order chi connectivity index (χ0) is 14.4. The molecule has 0 unspecified atom stereocenters. The first-order valence-corrected chi connectivity index (χ1v) is 8.01. The van der Waals surface area contributed by atoms with Crippen molar-refractivity contribution in [3.63, 3.8) is 0 Å². The third kappa shape index (κ3) is 4.79. The Bertz CT molecular complexity index is 426. The molecule has 0 saturated carbocycles. The van der Waals surface area contributed by atoms with Crippen molar-refractivity contribution in [2.24, 2.45) is 5.73 Å². The van der Waals surface area contributed by atoms with Gasteiger partial charge < -0.3 is 11.1 Å². The Labute approximate surface area is 123 Å². The van der Waals surface area contributed by atoms with Crippen LogP contribution in [0.15, 0.2) is 30.3 Å². The fraction of sp³-hybridized carbons (Fsp3) is 0.500. The summed E-state index contributed by atoms with van der Waals surface area (Å²) >= 11 is 1.68. The maximum absolute atomic E-state index is 12.0. The zero-order valence-corrected chi connectivity index (χ0v) is 12.3. The van der Waals surface area contributed by atoms with Crippen molar-refractivity contribution in [2.75, 3.05) is 12.0 Å². The van der Waals surface area contributed by atoms with E-state index in [-0.39, 0.29) is 18.2 Å². The molecule has 2 atom stereocenters. The second-order valence-corrected chi connectivity index (χ2v) is 5.74. The summed E-state index contributed by atoms with van der Waals surface area (Å²) in [6, 6.07) is 9.22. The van der Waals surface area contributed by atoms with Gasteiger partial charge in [0.2, 0.25) is 12.2 Å². The van der Waals surface area contributed by atoms with Gasteiger partial charge in [0, 0.05) is 0 Å². The van der Waals surface area contributed by atoms with E-state index in [4.69, 9.17) is 15.5 Å². The van der Waals surface area contributed by atoms with Crippen LogP contribution in [0.5, 0.6) is 0 Å². The molecule has 3 N–H and O–H groups in total. The first-order valence-electron chi connectivity index (χ1n) is 6.61. The molecule has 0 aromatic heterocycles. The zero-order valence-electron chi connectivity index (χ0n) is 11.5. The molecule has 20 heavy (non-hydrogen) atoms. The lowest BCUT2D eigenvalue weighted by molar-refractivity contribution is -0.123. The summed E-state index contributed by atoms with van der Waals surface area (Å²) in [6.45, 7) is 0. The predicted octanol–water partition coefficient (Wildman–Crippen LogP) is 1.08. The molecule has 0 bridgehead atoms. The van der Waals surface area contributed by atoms with E-state index in [2.05, 4.69) is 5.32 Å². The Kier molecular flexibility index (Phi) is 5.85. The predicted molar refractivity (Wildman–Crippen MR) is 79.0 cm³/mol. The smallest absolute Gasteiger partial charge is 0.244 e. The fourth-order valence-corrected chi connectivity index (χ4v) is 2.40. The Morgan fingerprint density at radius 3 is 2.70 bits per heavy atom. The standard InChI is InChI=1S/C14H20N2O3S/c1-20-8-7-11(15)13(17)16-12(14-18-19-14)9-10-5-3-2-4-6-10/h2-6,11-12,14H,7-9,15H2,1H3,(H,16,17)/t11-,12-/m0/s1. The molecule has 1 aliphatic heterocycles. The van der Waals surface area contributed by atoms with Crippen LogP contribution in [0.1, 0.15) is 12.0 Å². The van der Waals surface area contributed by atoms with Gasteiger partial charge in [0.05, 0.1) is 12.1 Å². The molecule has 1 saturated heterocycles. The number of amides is 1. The summed E-state index contributed by atoms with van der Waals surface area (Å²) in [7, 11) is 0. The number of benzene rings is 1. The topological polar surface area (TPSA) is 80.2 Å². The first kappa shape index (κ1) is 15.3. The average molecular weight is 296 g/mol. The first-order chi connectivity index (χ1) is 9.70. The van der Waals surface area contributed by atoms with Crippen molar-refractivity contribution in [3.05, 3.63) is 35.9 Å². The van der Waals surface area contributed by atoms with Crippen LogP contribution in [0, 0.1) is 0 Å². The molecule has 0 radical (unpaired) electrons. The molecule has 6 heteroatoms. The van der Waals surface area contributed by atoms with E-state index in [0.29, 0.717) is 12.8 Å². The number of carbonyl (C=O) groups is 1. The molecule has 1 heterocycles. The van der Waals surface area contributed by atoms with Crippen molar-refractivity contribution in [2.45, 2.75) is 31.2 Å². The molecule has 1 fully saturated rings. The van der Waals surface area contributed by atoms with Crippen LogP contribution >= 0.6 is 11.8 Å². The van der Waals surface area contributed by atoms with Gasteiger partial charge in [-0.3, -0.25) is 4.79 Å². The molecule has 0 spiro atoms. The maximum atomic E-state index is 12.0. The third-order valence-electron chi connectivity index (χ3n) is 3.13. The average Bonchev–Trinajstić information content (AvgIpc) is 3.29. The van der Waals surface area contributed by atoms with Crippen molar-refractivity contribution >= 4 is 17.7 Å². The minimum absolute atomic E-state index is 0.154. The minimum Gasteiger partial charge on any atom is -0.346 e. The number of nitrogens with one attached hydrogen (secondary N) is 1. The van der Waals surface area contributed by atoms with E-state index < -0.39 is 6.04 Å². The summed E-state index contributed by atoms with van der Waals surface area (Å²) in [5.41, 5.74) is 6.98. The minimum atomic E-state index is -0.487. The highest BCUT2D eigenvalue weighted by Gasteiger charge is 2.37. The lowest BCUT2D eigenvalue weighted by atomic mass is 10.1. The highest BCUT2D eigenvalue weighted by molar-refractivity contribution is 7.98. The second-order valence-electron chi connectivity index (χ2n) is 4.75. The lowest BCUT2D eigenvalue weighted by Gasteiger charge is -2.18. The van der Waals surface area contributed by atoms with Crippen molar-refractivity contribution in [1.29, 1.82) is 0 Å². The molecule has 0 aliphatic carbocycles. The molecule has 1 aliphatic rings. The van der Waals surface area contributed by atoms with Crippen LogP contribution in [0.2, 0.25) is 0 Å². The Morgan fingerprint density at radius 2 is 2.10 bits per heavy atom. The highest BCUT2D eigenvalue weighted by Crippen LogP contribution is 2.20. The number of hydrogen-bond acceptors (Lipinski definition) is 5. The highest BCUT2D eigenvalue weighted by atomic mass is 32.2. The van der Waals surface area contributed by atoms with E-state index in [1.165, 1.54) is 0 Å². The summed E-state index contributed by atoms with van der Waals surface area (Å²) in [4.78, 5) is 21.7. The molecular weight excluding hydrogens is 276 g/mol. The maximum Gasteiger partial charge on any atom is 0.244 e. The van der Waals surface area contributed by atoms with Crippen LogP contribution in [0.3, 0.4) is 0 Å². The van der Waals surface area contributed by atoms with Crippen LogP contribution in [-0.4, -0.2) is 36.3 Å². The van der Waals surface area contributed by atoms with Crippen molar-refractivity contribution in [3.8, 4) is 0 Å². The van der Waals surface area contributed by atoms with E-state index in [9.17, 15) is 4.79 Å². The normalized spacial score (nSPS) is 17.5. The number of carbonyl (C=O) groups excluding carboxylic acids is 1. The number of rotatable bonds is 8. The van der Waals surface area contributed by atoms with Gasteiger partial charge in [0.15, 0.2) is 0 Å². The van der Waals surface area contributed by atoms with Crippen LogP contribution in [-0.2, 0) is 21.0 Å². The lowest BCUT2D eigenvalue weighted by Crippen LogP contribution is -2.48. The van der Waals surface area contributed by atoms with Gasteiger partial charge in [-0.15, -0.1) is 0 Å². The summed E-state index contributed by atoms with van der Waals surface area (Å²) in [5, 5.41) is 2.91. The van der Waals surface area contributed by atoms with Crippen molar-refractivity contribution in [1.82, 2.24) is 5.32 Å². The largest absolute Gasteiger partial charge is 0.346 e. The van der Waals surface area contributed by atoms with Crippen LogP contribution < -0.4 is 11.1 Å². The monoisotopic (exact) mass is 296 g/mol. The van der Waals surface area contributed by atoms with E-state index in [0.717, 1.165) is 11.3 Å². The SMILES string of the molecule is CSCC[C@H](N)C(=O)N[C@@H](Cc1ccccc1)C1OO1. The van der Waals surface area contributed by atoms with Gasteiger partial charge in [-0.1, -0.05) is 30.3 Å². The second kappa shape index (κ2) is 7.64. The molecule has 1 amide bonds. The number of hydrogen-bond donors (Lipinski definition) is 2. The van der Waals surface area contributed by atoms with E-state index in [1.54, 1.807) is 11.8 Å². The van der Waals surface area contributed by atoms with Gasteiger partial charge in [-0.05, 0) is 30.4 Å². The summed E-state index contributed by atoms with van der Waals surface area (Å²) in [6.07, 6.45) is 2.95. The molecule has 1 aromatic rings. The Hall–Kier alpha value is -1.08. The summed E-state index contributed by atoms with van der Waals surface area (Å²) < 4.78 is 0. The van der Waals surface area contributed by atoms with Crippen LogP contribution in [0.4, 0.5) is 0 Å². The summed E-state index contributed by atoms with van der Waals surface area (Å²) in [5.74, 6) is 0.716. The van der Waals surface area contributed by atoms with Crippen LogP contribution in [0.25, 0.3) is 0 Å². The van der Waals surface area contributed by atoms with Gasteiger partial charge in [0.1, 0.15) is 0 Å². The third-order valence-corrected chi connectivity index (χ3v) is 3.78. The van der Waals surface area contributed by atoms with Crippen molar-refractivity contribution < 1.29 is 14.6 Å². The van der Waals surface area contributed by atoms with E-state index in [1.807, 2.05) is 36.6 Å². The van der Waals surface area contributed by atoms with E-state index >= 15 is 0 Å². The Morgan fingerprint density at radius 1 is 1.40 bits per heavy atom. The van der Waals surface area contributed by atoms with Gasteiger partial charge in [0.25, 0.3) is 0 Å². The molecular formula is C14H20N2O3S. The molecule has 2 rings (SSSR count).